The van der Waals surface area contributed by atoms with Gasteiger partial charge in [0.15, 0.2) is 0 Å². The van der Waals surface area contributed by atoms with Gasteiger partial charge in [0, 0.05) is 11.8 Å². The number of nitrogens with one attached hydrogen (secondary N) is 1. The second-order valence-electron chi connectivity index (χ2n) is 6.46. The number of carbonyl (C=O) groups excluding carboxylic acids is 1. The van der Waals surface area contributed by atoms with Crippen molar-refractivity contribution in [1.82, 2.24) is 0 Å². The van der Waals surface area contributed by atoms with Crippen molar-refractivity contribution in [3.8, 4) is 5.75 Å². The molecule has 2 aromatic rings. The van der Waals surface area contributed by atoms with Gasteiger partial charge in [0.05, 0.1) is 17.4 Å². The molecule has 2 rings (SSSR count). The van der Waals surface area contributed by atoms with Gasteiger partial charge in [0.2, 0.25) is 5.91 Å². The van der Waals surface area contributed by atoms with E-state index in [0.717, 1.165) is 23.3 Å². The molecule has 1 amide bonds. The van der Waals surface area contributed by atoms with Crippen LogP contribution < -0.4 is 10.1 Å². The summed E-state index contributed by atoms with van der Waals surface area (Å²) in [5, 5.41) is 13.1. The Hall–Kier alpha value is -3.10. The molecular formula is C19H19F3N2O4. The quantitative estimate of drug-likeness (QED) is 0.557. The van der Waals surface area contributed by atoms with Gasteiger partial charge in [-0.05, 0) is 37.6 Å². The first kappa shape index (κ1) is 21.2. The molecule has 0 bridgehead atoms. The standard InChI is InChI=1S/C19H19F3N2O4/c1-11-4-7-17(12(2)8-11)28-10-13(3)18(25)23-14-5-6-16(24(26)27)15(9-14)19(20,21)22/h4-9,13H,10H2,1-3H3,(H,23,25). The lowest BCUT2D eigenvalue weighted by molar-refractivity contribution is -0.388. The third-order valence-corrected chi connectivity index (χ3v) is 4.03. The van der Waals surface area contributed by atoms with E-state index in [0.29, 0.717) is 11.8 Å². The number of hydrogen-bond donors (Lipinski definition) is 1. The zero-order chi connectivity index (χ0) is 21.1. The maximum Gasteiger partial charge on any atom is 0.423 e. The number of benzene rings is 2. The van der Waals surface area contributed by atoms with E-state index in [1.165, 1.54) is 0 Å². The lowest BCUT2D eigenvalue weighted by atomic mass is 10.1. The van der Waals surface area contributed by atoms with E-state index in [1.54, 1.807) is 13.0 Å². The molecule has 0 aliphatic carbocycles. The van der Waals surface area contributed by atoms with Crippen LogP contribution >= 0.6 is 0 Å². The van der Waals surface area contributed by atoms with Gasteiger partial charge in [-0.15, -0.1) is 0 Å². The topological polar surface area (TPSA) is 81.5 Å². The van der Waals surface area contributed by atoms with Gasteiger partial charge < -0.3 is 10.1 Å². The molecule has 0 heterocycles. The molecule has 0 spiro atoms. The number of amides is 1. The smallest absolute Gasteiger partial charge is 0.423 e. The third-order valence-electron chi connectivity index (χ3n) is 4.03. The van der Waals surface area contributed by atoms with E-state index in [9.17, 15) is 28.1 Å². The van der Waals surface area contributed by atoms with Crippen molar-refractivity contribution in [2.24, 2.45) is 5.92 Å². The van der Waals surface area contributed by atoms with Crippen LogP contribution in [0.4, 0.5) is 24.5 Å². The van der Waals surface area contributed by atoms with Crippen LogP contribution in [0, 0.1) is 29.9 Å². The second kappa shape index (κ2) is 8.28. The molecule has 150 valence electrons. The Labute approximate surface area is 159 Å². The van der Waals surface area contributed by atoms with Crippen LogP contribution in [0.25, 0.3) is 0 Å². The maximum atomic E-state index is 13.0. The molecule has 6 nitrogen and oxygen atoms in total. The van der Waals surface area contributed by atoms with Gasteiger partial charge in [-0.25, -0.2) is 0 Å². The Morgan fingerprint density at radius 2 is 1.89 bits per heavy atom. The lowest BCUT2D eigenvalue weighted by Crippen LogP contribution is -2.26. The molecular weight excluding hydrogens is 377 g/mol. The average molecular weight is 396 g/mol. The van der Waals surface area contributed by atoms with Crippen molar-refractivity contribution in [3.63, 3.8) is 0 Å². The van der Waals surface area contributed by atoms with Gasteiger partial charge in [-0.3, -0.25) is 14.9 Å². The van der Waals surface area contributed by atoms with Crippen LogP contribution in [0.15, 0.2) is 36.4 Å². The van der Waals surface area contributed by atoms with Gasteiger partial charge in [0.1, 0.15) is 11.3 Å². The summed E-state index contributed by atoms with van der Waals surface area (Å²) in [7, 11) is 0. The monoisotopic (exact) mass is 396 g/mol. The summed E-state index contributed by atoms with van der Waals surface area (Å²) < 4.78 is 44.7. The van der Waals surface area contributed by atoms with E-state index in [-0.39, 0.29) is 12.3 Å². The molecule has 0 aliphatic heterocycles. The van der Waals surface area contributed by atoms with Crippen molar-refractivity contribution in [1.29, 1.82) is 0 Å². The van der Waals surface area contributed by atoms with Crippen molar-refractivity contribution < 1.29 is 27.6 Å². The predicted molar refractivity (Wildman–Crippen MR) is 97.3 cm³/mol. The maximum absolute atomic E-state index is 13.0. The Bertz CT molecular complexity index is 897. The minimum Gasteiger partial charge on any atom is -0.493 e. The van der Waals surface area contributed by atoms with Gasteiger partial charge in [0.25, 0.3) is 5.69 Å². The van der Waals surface area contributed by atoms with E-state index >= 15 is 0 Å². The SMILES string of the molecule is Cc1ccc(OCC(C)C(=O)Nc2ccc([N+](=O)[O-])c(C(F)(F)F)c2)c(C)c1. The number of hydrogen-bond acceptors (Lipinski definition) is 4. The molecule has 2 aromatic carbocycles. The number of carbonyl (C=O) groups is 1. The summed E-state index contributed by atoms with van der Waals surface area (Å²) in [6, 6.07) is 7.89. The predicted octanol–water partition coefficient (Wildman–Crippen LogP) is 4.88. The second-order valence-corrected chi connectivity index (χ2v) is 6.46. The summed E-state index contributed by atoms with van der Waals surface area (Å²) in [4.78, 5) is 21.9. The molecule has 0 radical (unpaired) electrons. The number of ether oxygens (including phenoxy) is 1. The van der Waals surface area contributed by atoms with Crippen LogP contribution in [-0.2, 0) is 11.0 Å². The van der Waals surface area contributed by atoms with Crippen molar-refractivity contribution in [2.75, 3.05) is 11.9 Å². The van der Waals surface area contributed by atoms with E-state index in [2.05, 4.69) is 5.32 Å². The fourth-order valence-corrected chi connectivity index (χ4v) is 2.52. The van der Waals surface area contributed by atoms with Crippen LogP contribution in [0.5, 0.6) is 5.75 Å². The number of aryl methyl sites for hydroxylation is 2. The summed E-state index contributed by atoms with van der Waals surface area (Å²) in [5.41, 5.74) is -0.709. The number of rotatable bonds is 6. The zero-order valence-electron chi connectivity index (χ0n) is 15.5. The summed E-state index contributed by atoms with van der Waals surface area (Å²) in [5.74, 6) is -0.614. The summed E-state index contributed by atoms with van der Waals surface area (Å²) >= 11 is 0. The van der Waals surface area contributed by atoms with Crippen LogP contribution in [0.2, 0.25) is 0 Å². The molecule has 9 heteroatoms. The number of nitro benzene ring substituents is 1. The zero-order valence-corrected chi connectivity index (χ0v) is 15.5. The summed E-state index contributed by atoms with van der Waals surface area (Å²) in [6.07, 6.45) is -4.92. The van der Waals surface area contributed by atoms with Crippen molar-refractivity contribution >= 4 is 17.3 Å². The molecule has 0 aliphatic rings. The third kappa shape index (κ3) is 5.21. The van der Waals surface area contributed by atoms with E-state index in [4.69, 9.17) is 4.74 Å². The van der Waals surface area contributed by atoms with Gasteiger partial charge >= 0.3 is 6.18 Å². The number of nitro groups is 1. The summed E-state index contributed by atoms with van der Waals surface area (Å²) in [6.45, 7) is 5.39. The number of anilines is 1. The highest BCUT2D eigenvalue weighted by Gasteiger charge is 2.38. The number of nitrogens with zero attached hydrogens (tertiary/aromatic N) is 1. The van der Waals surface area contributed by atoms with Crippen LogP contribution in [0.1, 0.15) is 23.6 Å². The average Bonchev–Trinajstić information content (AvgIpc) is 2.59. The molecule has 1 N–H and O–H groups in total. The Kier molecular flexibility index (Phi) is 6.27. The van der Waals surface area contributed by atoms with Crippen molar-refractivity contribution in [3.05, 3.63) is 63.2 Å². The van der Waals surface area contributed by atoms with Crippen molar-refractivity contribution in [2.45, 2.75) is 26.9 Å². The Balaban J connectivity index is 2.08. The highest BCUT2D eigenvalue weighted by Crippen LogP contribution is 2.37. The lowest BCUT2D eigenvalue weighted by Gasteiger charge is -2.16. The minimum absolute atomic E-state index is 0.0227. The number of halogens is 3. The fourth-order valence-electron chi connectivity index (χ4n) is 2.52. The Morgan fingerprint density at radius 3 is 2.46 bits per heavy atom. The van der Waals surface area contributed by atoms with E-state index in [1.807, 2.05) is 26.0 Å². The molecule has 0 aromatic heterocycles. The first-order valence-electron chi connectivity index (χ1n) is 8.35. The normalized spacial score (nSPS) is 12.4. The fraction of sp³-hybridized carbons (Fsp3) is 0.316. The van der Waals surface area contributed by atoms with Crippen LogP contribution in [0.3, 0.4) is 0 Å². The molecule has 1 unspecified atom stereocenters. The molecule has 1 atom stereocenters. The van der Waals surface area contributed by atoms with Crippen LogP contribution in [-0.4, -0.2) is 17.4 Å². The molecule has 28 heavy (non-hydrogen) atoms. The highest BCUT2D eigenvalue weighted by molar-refractivity contribution is 5.92. The van der Waals surface area contributed by atoms with Gasteiger partial charge in [-0.2, -0.15) is 13.2 Å². The molecule has 0 saturated heterocycles. The largest absolute Gasteiger partial charge is 0.493 e. The molecule has 0 saturated carbocycles. The first-order chi connectivity index (χ1) is 13.0. The molecule has 0 fully saturated rings. The first-order valence-corrected chi connectivity index (χ1v) is 8.35. The Morgan fingerprint density at radius 1 is 1.21 bits per heavy atom. The highest BCUT2D eigenvalue weighted by atomic mass is 19.4. The minimum atomic E-state index is -4.92. The number of alkyl halides is 3. The van der Waals surface area contributed by atoms with E-state index < -0.39 is 34.2 Å². The van der Waals surface area contributed by atoms with Gasteiger partial charge in [-0.1, -0.05) is 24.6 Å².